The molecule has 0 unspecified atom stereocenters. The maximum absolute atomic E-state index is 13.8. The molecule has 3 heterocycles. The molecule has 0 radical (unpaired) electrons. The average molecular weight is 625 g/mol. The number of esters is 1. The molecule has 2 saturated heterocycles. The molecule has 1 aromatic carbocycles. The van der Waals surface area contributed by atoms with Gasteiger partial charge in [-0.1, -0.05) is 30.3 Å². The van der Waals surface area contributed by atoms with Crippen LogP contribution in [0.25, 0.3) is 11.4 Å². The Kier molecular flexibility index (Phi) is 11.3. The summed E-state index contributed by atoms with van der Waals surface area (Å²) in [6.45, 7) is 8.98. The van der Waals surface area contributed by atoms with E-state index in [1.807, 2.05) is 35.2 Å². The van der Waals surface area contributed by atoms with Gasteiger partial charge >= 0.3 is 12.1 Å². The number of nitrogens with one attached hydrogen (secondary N) is 1. The van der Waals surface area contributed by atoms with Crippen LogP contribution in [-0.4, -0.2) is 112 Å². The molecule has 13 heteroatoms. The number of aliphatic hydroxyl groups excluding tert-OH is 1. The lowest BCUT2D eigenvalue weighted by molar-refractivity contribution is -0.155. The van der Waals surface area contributed by atoms with E-state index in [0.29, 0.717) is 23.8 Å². The van der Waals surface area contributed by atoms with Crippen molar-refractivity contribution in [3.8, 4) is 11.4 Å². The predicted molar refractivity (Wildman–Crippen MR) is 166 cm³/mol. The summed E-state index contributed by atoms with van der Waals surface area (Å²) in [7, 11) is 0. The van der Waals surface area contributed by atoms with Crippen LogP contribution in [0.4, 0.5) is 10.6 Å². The van der Waals surface area contributed by atoms with Gasteiger partial charge in [-0.2, -0.15) is 0 Å². The maximum atomic E-state index is 13.8. The Bertz CT molecular complexity index is 1340. The fourth-order valence-electron chi connectivity index (χ4n) is 5.43. The number of nitrogens with zero attached hydrogens (tertiary/aromatic N) is 5. The minimum atomic E-state index is -1.05. The van der Waals surface area contributed by atoms with Crippen LogP contribution >= 0.6 is 0 Å². The van der Waals surface area contributed by atoms with Crippen LogP contribution in [0.15, 0.2) is 36.4 Å². The monoisotopic (exact) mass is 624 g/mol. The zero-order valence-electron chi connectivity index (χ0n) is 26.5. The summed E-state index contributed by atoms with van der Waals surface area (Å²) in [5.41, 5.74) is 0.0750. The second kappa shape index (κ2) is 15.2. The van der Waals surface area contributed by atoms with E-state index < -0.39 is 29.6 Å². The van der Waals surface area contributed by atoms with Crippen LogP contribution in [0, 0.1) is 0 Å². The van der Waals surface area contributed by atoms with Crippen LogP contribution in [0.5, 0.6) is 0 Å². The van der Waals surface area contributed by atoms with Crippen LogP contribution < -0.4 is 10.2 Å². The summed E-state index contributed by atoms with van der Waals surface area (Å²) in [5.74, 6) is -0.594. The summed E-state index contributed by atoms with van der Waals surface area (Å²) in [6, 6.07) is 9.66. The number of hydrogen-bond acceptors (Lipinski definition) is 10. The summed E-state index contributed by atoms with van der Waals surface area (Å²) >= 11 is 0. The van der Waals surface area contributed by atoms with Crippen molar-refractivity contribution in [2.24, 2.45) is 0 Å². The zero-order valence-corrected chi connectivity index (χ0v) is 26.5. The van der Waals surface area contributed by atoms with E-state index in [1.165, 1.54) is 4.90 Å². The van der Waals surface area contributed by atoms with E-state index in [-0.39, 0.29) is 69.9 Å². The minimum Gasteiger partial charge on any atom is -0.460 e. The number of piperazine rings is 1. The predicted octanol–water partition coefficient (Wildman–Crippen LogP) is 2.63. The number of rotatable bonds is 10. The molecule has 2 atom stereocenters. The molecule has 2 aliphatic rings. The lowest BCUT2D eigenvalue weighted by atomic mass is 10.1. The van der Waals surface area contributed by atoms with E-state index in [9.17, 15) is 24.3 Å². The Morgan fingerprint density at radius 3 is 2.36 bits per heavy atom. The van der Waals surface area contributed by atoms with E-state index in [4.69, 9.17) is 14.5 Å². The molecule has 0 saturated carbocycles. The topological polar surface area (TPSA) is 154 Å². The second-order valence-corrected chi connectivity index (χ2v) is 12.1. The van der Waals surface area contributed by atoms with Gasteiger partial charge in [0.1, 0.15) is 23.2 Å². The molecule has 2 N–H and O–H groups in total. The molecule has 0 bridgehead atoms. The number of anilines is 1. The third kappa shape index (κ3) is 9.13. The van der Waals surface area contributed by atoms with Gasteiger partial charge in [-0.15, -0.1) is 0 Å². The van der Waals surface area contributed by atoms with Crippen molar-refractivity contribution in [3.05, 3.63) is 42.1 Å². The summed E-state index contributed by atoms with van der Waals surface area (Å²) in [6.07, 6.45) is 1.16. The van der Waals surface area contributed by atoms with E-state index in [1.54, 1.807) is 38.7 Å². The average Bonchev–Trinajstić information content (AvgIpc) is 3.51. The molecular formula is C32H44N6O7. The van der Waals surface area contributed by atoms with Crippen LogP contribution in [0.3, 0.4) is 0 Å². The highest BCUT2D eigenvalue weighted by Gasteiger charge is 2.33. The molecule has 0 spiro atoms. The molecule has 3 amide bonds. The number of ether oxygens (including phenoxy) is 2. The van der Waals surface area contributed by atoms with Gasteiger partial charge in [0, 0.05) is 50.8 Å². The van der Waals surface area contributed by atoms with Crippen molar-refractivity contribution in [1.82, 2.24) is 25.1 Å². The Balaban J connectivity index is 1.58. The number of hydrogen-bond donors (Lipinski definition) is 2. The van der Waals surface area contributed by atoms with Gasteiger partial charge in [0.15, 0.2) is 5.82 Å². The van der Waals surface area contributed by atoms with Gasteiger partial charge in [-0.25, -0.2) is 14.8 Å². The first-order valence-corrected chi connectivity index (χ1v) is 15.5. The molecular weight excluding hydrogens is 580 g/mol. The maximum Gasteiger partial charge on any atom is 0.409 e. The Morgan fingerprint density at radius 1 is 1.02 bits per heavy atom. The van der Waals surface area contributed by atoms with Crippen molar-refractivity contribution < 1.29 is 33.8 Å². The van der Waals surface area contributed by atoms with Gasteiger partial charge in [0.2, 0.25) is 5.91 Å². The first-order chi connectivity index (χ1) is 21.5. The van der Waals surface area contributed by atoms with Crippen molar-refractivity contribution in [1.29, 1.82) is 0 Å². The number of carbonyl (C=O) groups excluding carboxylic acids is 4. The summed E-state index contributed by atoms with van der Waals surface area (Å²) in [5, 5.41) is 12.8. The van der Waals surface area contributed by atoms with Gasteiger partial charge < -0.3 is 34.6 Å². The highest BCUT2D eigenvalue weighted by molar-refractivity contribution is 5.97. The number of carbonyl (C=O) groups is 4. The minimum absolute atomic E-state index is 0.0137. The van der Waals surface area contributed by atoms with Crippen molar-refractivity contribution in [2.75, 3.05) is 50.8 Å². The normalized spacial score (nSPS) is 17.5. The third-order valence-electron chi connectivity index (χ3n) is 7.64. The molecule has 1 aromatic heterocycles. The molecule has 13 nitrogen and oxygen atoms in total. The van der Waals surface area contributed by atoms with E-state index in [2.05, 4.69) is 10.3 Å². The van der Waals surface area contributed by atoms with E-state index >= 15 is 0 Å². The first-order valence-electron chi connectivity index (χ1n) is 15.5. The first kappa shape index (κ1) is 33.6. The molecule has 2 aliphatic heterocycles. The van der Waals surface area contributed by atoms with Crippen molar-refractivity contribution >= 4 is 29.7 Å². The molecule has 2 fully saturated rings. The van der Waals surface area contributed by atoms with Crippen molar-refractivity contribution in [2.45, 2.75) is 71.1 Å². The summed E-state index contributed by atoms with van der Waals surface area (Å²) < 4.78 is 10.5. The quantitative estimate of drug-likeness (QED) is 0.377. The van der Waals surface area contributed by atoms with Crippen molar-refractivity contribution in [3.63, 3.8) is 0 Å². The third-order valence-corrected chi connectivity index (χ3v) is 7.64. The second-order valence-electron chi connectivity index (χ2n) is 12.1. The summed E-state index contributed by atoms with van der Waals surface area (Å²) in [4.78, 5) is 66.7. The lowest BCUT2D eigenvalue weighted by Crippen LogP contribution is -2.56. The van der Waals surface area contributed by atoms with Gasteiger partial charge in [-0.05, 0) is 47.0 Å². The molecule has 2 aromatic rings. The Labute approximate surface area is 263 Å². The fourth-order valence-corrected chi connectivity index (χ4v) is 5.43. The number of aliphatic hydroxyl groups is 1. The van der Waals surface area contributed by atoms with Crippen LogP contribution in [0.2, 0.25) is 0 Å². The van der Waals surface area contributed by atoms with Gasteiger partial charge in [0.05, 0.1) is 19.3 Å². The molecule has 244 valence electrons. The largest absolute Gasteiger partial charge is 0.460 e. The Hall–Kier alpha value is -4.26. The number of aromatic nitrogens is 2. The standard InChI is InChI=1S/C32H44N6O7/c1-5-44-31(43)37-18-16-36(17-19-37)30(42)24(13-14-27(40)45-32(2,3)4)34-29(41)25-20-26(38-15-9-12-23(38)21-39)35-28(33-25)22-10-7-6-8-11-22/h6-8,10-11,20,23-24,39H,5,9,12-19,21H2,1-4H3,(H,34,41)/t23-,24-/m0/s1. The number of benzene rings is 1. The molecule has 0 aliphatic carbocycles. The Morgan fingerprint density at radius 2 is 1.71 bits per heavy atom. The van der Waals surface area contributed by atoms with E-state index in [0.717, 1.165) is 12.8 Å². The highest BCUT2D eigenvalue weighted by Crippen LogP contribution is 2.27. The fraction of sp³-hybridized carbons (Fsp3) is 0.562. The van der Waals surface area contributed by atoms with Gasteiger partial charge in [-0.3, -0.25) is 14.4 Å². The van der Waals surface area contributed by atoms with Gasteiger partial charge in [0.25, 0.3) is 5.91 Å². The zero-order chi connectivity index (χ0) is 32.6. The van der Waals surface area contributed by atoms with Crippen LogP contribution in [-0.2, 0) is 19.1 Å². The SMILES string of the molecule is CCOC(=O)N1CCN(C(=O)[C@H](CCC(=O)OC(C)(C)C)NC(=O)c2cc(N3CCC[C@H]3CO)nc(-c3ccccc3)n2)CC1. The smallest absolute Gasteiger partial charge is 0.409 e. The molecule has 4 rings (SSSR count). The molecule has 45 heavy (non-hydrogen) atoms. The van der Waals surface area contributed by atoms with Crippen LogP contribution in [0.1, 0.15) is 63.9 Å². The lowest BCUT2D eigenvalue weighted by Gasteiger charge is -2.36. The highest BCUT2D eigenvalue weighted by atomic mass is 16.6. The number of amides is 3.